The standard InChI is InChI=1S/C17H16F3N3O4/c1-7-13-9(4-12(8-2-3-8)21-14(13)27-22-7)15(24)23-5-10(16(25)26)11(6-23)17(18,19)20/h4,8,10-11H,2-3,5-6H2,1H3,(H,25,26)/t10-,11-/m1/s1. The van der Waals surface area contributed by atoms with Crippen LogP contribution in [0.4, 0.5) is 13.2 Å². The van der Waals surface area contributed by atoms with Gasteiger partial charge in [0, 0.05) is 24.7 Å². The van der Waals surface area contributed by atoms with Crippen LogP contribution in [0.1, 0.15) is 40.5 Å². The van der Waals surface area contributed by atoms with Gasteiger partial charge in [0.05, 0.1) is 28.5 Å². The van der Waals surface area contributed by atoms with Crippen LogP contribution in [0, 0.1) is 18.8 Å². The quantitative estimate of drug-likeness (QED) is 0.876. The van der Waals surface area contributed by atoms with Crippen LogP contribution >= 0.6 is 0 Å². The van der Waals surface area contributed by atoms with E-state index >= 15 is 0 Å². The maximum absolute atomic E-state index is 13.2. The number of fused-ring (bicyclic) bond motifs is 1. The number of hydrogen-bond donors (Lipinski definition) is 1. The van der Waals surface area contributed by atoms with Gasteiger partial charge < -0.3 is 14.5 Å². The van der Waals surface area contributed by atoms with Gasteiger partial charge in [0.2, 0.25) is 0 Å². The summed E-state index contributed by atoms with van der Waals surface area (Å²) in [4.78, 5) is 29.6. The van der Waals surface area contributed by atoms with Crippen LogP contribution < -0.4 is 0 Å². The molecule has 3 heterocycles. The number of pyridine rings is 1. The van der Waals surface area contributed by atoms with Crippen molar-refractivity contribution in [3.63, 3.8) is 0 Å². The van der Waals surface area contributed by atoms with Crippen molar-refractivity contribution in [2.45, 2.75) is 31.9 Å². The fraction of sp³-hybridized carbons (Fsp3) is 0.529. The van der Waals surface area contributed by atoms with E-state index in [2.05, 4.69) is 10.1 Å². The first-order chi connectivity index (χ1) is 12.7. The molecule has 7 nitrogen and oxygen atoms in total. The van der Waals surface area contributed by atoms with Gasteiger partial charge in [-0.15, -0.1) is 0 Å². The Morgan fingerprint density at radius 2 is 2.00 bits per heavy atom. The van der Waals surface area contributed by atoms with Gasteiger partial charge in [-0.3, -0.25) is 9.59 Å². The number of rotatable bonds is 3. The molecule has 1 aliphatic heterocycles. The fourth-order valence-electron chi connectivity index (χ4n) is 3.59. The lowest BCUT2D eigenvalue weighted by Crippen LogP contribution is -2.34. The zero-order valence-electron chi connectivity index (χ0n) is 14.3. The molecular formula is C17H16F3N3O4. The van der Waals surface area contributed by atoms with Gasteiger partial charge in [0.25, 0.3) is 11.6 Å². The van der Waals surface area contributed by atoms with Gasteiger partial charge in [0.1, 0.15) is 0 Å². The predicted molar refractivity (Wildman–Crippen MR) is 85.1 cm³/mol. The van der Waals surface area contributed by atoms with Crippen molar-refractivity contribution in [2.75, 3.05) is 13.1 Å². The number of carboxylic acid groups (broad SMARTS) is 1. The third-order valence-corrected chi connectivity index (χ3v) is 5.21. The van der Waals surface area contributed by atoms with Crippen LogP contribution in [0.3, 0.4) is 0 Å². The first-order valence-corrected chi connectivity index (χ1v) is 8.52. The van der Waals surface area contributed by atoms with Gasteiger partial charge in [-0.25, -0.2) is 4.98 Å². The fourth-order valence-corrected chi connectivity index (χ4v) is 3.59. The lowest BCUT2D eigenvalue weighted by atomic mass is 9.96. The summed E-state index contributed by atoms with van der Waals surface area (Å²) in [6.07, 6.45) is -2.86. The van der Waals surface area contributed by atoms with Crippen LogP contribution in [-0.4, -0.2) is 51.3 Å². The molecule has 2 aliphatic rings. The number of likely N-dealkylation sites (tertiary alicyclic amines) is 1. The summed E-state index contributed by atoms with van der Waals surface area (Å²) in [6.45, 7) is 0.432. The van der Waals surface area contributed by atoms with Gasteiger partial charge in [-0.05, 0) is 25.8 Å². The first kappa shape index (κ1) is 17.7. The summed E-state index contributed by atoms with van der Waals surface area (Å²) in [5, 5.41) is 13.3. The predicted octanol–water partition coefficient (Wildman–Crippen LogP) is 2.74. The van der Waals surface area contributed by atoms with E-state index in [-0.39, 0.29) is 17.2 Å². The molecule has 27 heavy (non-hydrogen) atoms. The Bertz CT molecular complexity index is 935. The molecule has 1 aliphatic carbocycles. The molecule has 1 saturated heterocycles. The molecule has 2 aromatic rings. The van der Waals surface area contributed by atoms with Crippen molar-refractivity contribution in [1.29, 1.82) is 0 Å². The Balaban J connectivity index is 1.73. The van der Waals surface area contributed by atoms with Crippen molar-refractivity contribution in [3.8, 4) is 0 Å². The summed E-state index contributed by atoms with van der Waals surface area (Å²) in [5.74, 6) is -5.80. The highest BCUT2D eigenvalue weighted by molar-refractivity contribution is 6.06. The highest BCUT2D eigenvalue weighted by Gasteiger charge is 2.53. The number of carbonyl (C=O) groups excluding carboxylic acids is 1. The van der Waals surface area contributed by atoms with E-state index in [0.717, 1.165) is 17.7 Å². The molecule has 0 spiro atoms. The zero-order chi connectivity index (χ0) is 19.5. The molecule has 2 aromatic heterocycles. The summed E-state index contributed by atoms with van der Waals surface area (Å²) >= 11 is 0. The van der Waals surface area contributed by atoms with Crippen molar-refractivity contribution in [2.24, 2.45) is 11.8 Å². The molecule has 0 unspecified atom stereocenters. The number of carboxylic acids is 1. The van der Waals surface area contributed by atoms with Gasteiger partial charge in [-0.2, -0.15) is 13.2 Å². The van der Waals surface area contributed by atoms with E-state index in [4.69, 9.17) is 9.63 Å². The molecule has 10 heteroatoms. The van der Waals surface area contributed by atoms with Crippen molar-refractivity contribution in [1.82, 2.24) is 15.0 Å². The number of halogens is 3. The number of carbonyl (C=O) groups is 2. The van der Waals surface area contributed by atoms with Crippen LogP contribution in [0.25, 0.3) is 11.1 Å². The van der Waals surface area contributed by atoms with Gasteiger partial charge in [-0.1, -0.05) is 5.16 Å². The number of aryl methyl sites for hydroxylation is 1. The molecule has 1 amide bonds. The zero-order valence-corrected chi connectivity index (χ0v) is 14.3. The number of alkyl halides is 3. The highest BCUT2D eigenvalue weighted by atomic mass is 19.4. The molecule has 2 atom stereocenters. The highest BCUT2D eigenvalue weighted by Crippen LogP contribution is 2.42. The number of nitrogens with zero attached hydrogens (tertiary/aromatic N) is 3. The van der Waals surface area contributed by atoms with Crippen molar-refractivity contribution < 1.29 is 32.4 Å². The monoisotopic (exact) mass is 383 g/mol. The maximum Gasteiger partial charge on any atom is 0.394 e. The van der Waals surface area contributed by atoms with Crippen LogP contribution in [-0.2, 0) is 4.79 Å². The number of aromatic nitrogens is 2. The van der Waals surface area contributed by atoms with Crippen molar-refractivity contribution >= 4 is 23.0 Å². The molecule has 4 rings (SSSR count). The van der Waals surface area contributed by atoms with Gasteiger partial charge >= 0.3 is 12.1 Å². The van der Waals surface area contributed by atoms with Crippen LogP contribution in [0.2, 0.25) is 0 Å². The van der Waals surface area contributed by atoms with E-state index in [1.165, 1.54) is 0 Å². The molecule has 144 valence electrons. The van der Waals surface area contributed by atoms with Gasteiger partial charge in [0.15, 0.2) is 0 Å². The SMILES string of the molecule is Cc1noc2nc(C3CC3)cc(C(=O)N3C[C@@H](C(F)(F)F)[C@H](C(=O)O)C3)c12. The first-order valence-electron chi connectivity index (χ1n) is 8.52. The average molecular weight is 383 g/mol. The van der Waals surface area contributed by atoms with Crippen LogP contribution in [0.15, 0.2) is 10.6 Å². The maximum atomic E-state index is 13.2. The lowest BCUT2D eigenvalue weighted by Gasteiger charge is -2.19. The third-order valence-electron chi connectivity index (χ3n) is 5.21. The minimum absolute atomic E-state index is 0.160. The molecule has 0 aromatic carbocycles. The Hall–Kier alpha value is -2.65. The molecule has 1 N–H and O–H groups in total. The van der Waals surface area contributed by atoms with E-state index in [1.807, 2.05) is 0 Å². The Labute approximate surface area is 151 Å². The number of amides is 1. The van der Waals surface area contributed by atoms with Crippen LogP contribution in [0.5, 0.6) is 0 Å². The lowest BCUT2D eigenvalue weighted by molar-refractivity contribution is -0.187. The Kier molecular flexibility index (Phi) is 3.90. The second kappa shape index (κ2) is 5.93. The Morgan fingerprint density at radius 3 is 2.56 bits per heavy atom. The second-order valence-electron chi connectivity index (χ2n) is 7.12. The molecule has 1 saturated carbocycles. The summed E-state index contributed by atoms with van der Waals surface area (Å²) < 4.78 is 44.8. The smallest absolute Gasteiger partial charge is 0.394 e. The summed E-state index contributed by atoms with van der Waals surface area (Å²) in [6, 6.07) is 1.57. The molecule has 2 fully saturated rings. The molecular weight excluding hydrogens is 367 g/mol. The van der Waals surface area contributed by atoms with E-state index in [9.17, 15) is 22.8 Å². The van der Waals surface area contributed by atoms with Crippen molar-refractivity contribution in [3.05, 3.63) is 23.0 Å². The number of hydrogen-bond acceptors (Lipinski definition) is 5. The third kappa shape index (κ3) is 3.02. The topological polar surface area (TPSA) is 96.5 Å². The largest absolute Gasteiger partial charge is 0.481 e. The summed E-state index contributed by atoms with van der Waals surface area (Å²) in [7, 11) is 0. The molecule has 0 bridgehead atoms. The molecule has 0 radical (unpaired) electrons. The Morgan fingerprint density at radius 1 is 1.30 bits per heavy atom. The minimum atomic E-state index is -4.70. The van der Waals surface area contributed by atoms with E-state index in [1.54, 1.807) is 13.0 Å². The average Bonchev–Trinajstić information content (AvgIpc) is 3.22. The van der Waals surface area contributed by atoms with E-state index in [0.29, 0.717) is 16.8 Å². The minimum Gasteiger partial charge on any atom is -0.481 e. The van der Waals surface area contributed by atoms with E-state index < -0.39 is 43.0 Å². The normalized spacial score (nSPS) is 23.2. The summed E-state index contributed by atoms with van der Waals surface area (Å²) in [5.41, 5.74) is 1.38. The second-order valence-corrected chi connectivity index (χ2v) is 7.12. The number of aliphatic carboxylic acids is 1.